The lowest BCUT2D eigenvalue weighted by Gasteiger charge is -2.09. The Labute approximate surface area is 97.5 Å². The first kappa shape index (κ1) is 13.1. The fourth-order valence-electron chi connectivity index (χ4n) is 1.58. The molecule has 94 valence electrons. The topological polar surface area (TPSA) is 87.1 Å². The average Bonchev–Trinajstić information content (AvgIpc) is 2.26. The molecule has 0 aliphatic heterocycles. The molecular weight excluding hydrogens is 226 g/mol. The molecule has 0 bridgehead atoms. The molecule has 0 saturated heterocycles. The molecule has 1 heterocycles. The number of hydrogen-bond donors (Lipinski definition) is 0. The van der Waals surface area contributed by atoms with Crippen molar-refractivity contribution in [2.75, 3.05) is 0 Å². The standard InChI is InChI=1S/C10H15N3O4/c1-4-5-6-12-9(14)8(13(16)17)7(2)11(3)10(12)15/h4-6H2,1-3H3. The van der Waals surface area contributed by atoms with Crippen molar-refractivity contribution in [2.24, 2.45) is 7.05 Å². The third-order valence-corrected chi connectivity index (χ3v) is 2.73. The molecule has 1 rings (SSSR count). The summed E-state index contributed by atoms with van der Waals surface area (Å²) >= 11 is 0. The van der Waals surface area contributed by atoms with Gasteiger partial charge in [0, 0.05) is 13.6 Å². The van der Waals surface area contributed by atoms with Crippen LogP contribution < -0.4 is 11.2 Å². The summed E-state index contributed by atoms with van der Waals surface area (Å²) in [4.78, 5) is 33.7. The molecule has 0 spiro atoms. The summed E-state index contributed by atoms with van der Waals surface area (Å²) in [6, 6.07) is 0. The maximum Gasteiger partial charge on any atom is 0.353 e. The number of aromatic nitrogens is 2. The maximum atomic E-state index is 11.8. The monoisotopic (exact) mass is 241 g/mol. The van der Waals surface area contributed by atoms with Gasteiger partial charge in [-0.2, -0.15) is 0 Å². The number of hydrogen-bond acceptors (Lipinski definition) is 4. The van der Waals surface area contributed by atoms with Crippen LogP contribution in [0.4, 0.5) is 5.69 Å². The summed E-state index contributed by atoms with van der Waals surface area (Å²) in [5.41, 5.74) is -1.77. The van der Waals surface area contributed by atoms with Crippen molar-refractivity contribution in [3.05, 3.63) is 36.6 Å². The molecular formula is C10H15N3O4. The molecule has 0 radical (unpaired) electrons. The second kappa shape index (κ2) is 4.94. The quantitative estimate of drug-likeness (QED) is 0.569. The first-order chi connectivity index (χ1) is 7.91. The van der Waals surface area contributed by atoms with Gasteiger partial charge in [0.1, 0.15) is 5.69 Å². The molecule has 0 aromatic carbocycles. The van der Waals surface area contributed by atoms with E-state index in [1.54, 1.807) is 0 Å². The Morgan fingerprint density at radius 3 is 2.41 bits per heavy atom. The van der Waals surface area contributed by atoms with E-state index in [4.69, 9.17) is 0 Å². The number of rotatable bonds is 4. The second-order valence-electron chi connectivity index (χ2n) is 3.84. The van der Waals surface area contributed by atoms with Crippen LogP contribution in [-0.4, -0.2) is 14.1 Å². The molecule has 0 fully saturated rings. The van der Waals surface area contributed by atoms with Gasteiger partial charge in [-0.15, -0.1) is 0 Å². The van der Waals surface area contributed by atoms with E-state index in [0.717, 1.165) is 15.6 Å². The summed E-state index contributed by atoms with van der Waals surface area (Å²) in [7, 11) is 1.42. The van der Waals surface area contributed by atoms with Gasteiger partial charge in [-0.1, -0.05) is 13.3 Å². The van der Waals surface area contributed by atoms with E-state index < -0.39 is 21.9 Å². The summed E-state index contributed by atoms with van der Waals surface area (Å²) in [5, 5.41) is 10.8. The van der Waals surface area contributed by atoms with Crippen LogP contribution in [0, 0.1) is 17.0 Å². The van der Waals surface area contributed by atoms with Crippen molar-refractivity contribution in [2.45, 2.75) is 33.2 Å². The van der Waals surface area contributed by atoms with Gasteiger partial charge in [-0.3, -0.25) is 24.0 Å². The predicted octanol–water partition coefficient (Wildman–Crippen LogP) is 0.564. The van der Waals surface area contributed by atoms with Crippen LogP contribution in [0.15, 0.2) is 9.59 Å². The van der Waals surface area contributed by atoms with Crippen LogP contribution in [0.25, 0.3) is 0 Å². The Hall–Kier alpha value is -1.92. The Morgan fingerprint density at radius 2 is 1.94 bits per heavy atom. The highest BCUT2D eigenvalue weighted by Gasteiger charge is 2.23. The highest BCUT2D eigenvalue weighted by atomic mass is 16.6. The van der Waals surface area contributed by atoms with Crippen molar-refractivity contribution in [1.82, 2.24) is 9.13 Å². The Balaban J connectivity index is 3.57. The van der Waals surface area contributed by atoms with Crippen LogP contribution >= 0.6 is 0 Å². The van der Waals surface area contributed by atoms with Crippen molar-refractivity contribution in [3.8, 4) is 0 Å². The van der Waals surface area contributed by atoms with Crippen LogP contribution in [0.2, 0.25) is 0 Å². The van der Waals surface area contributed by atoms with Gasteiger partial charge in [0.2, 0.25) is 0 Å². The van der Waals surface area contributed by atoms with E-state index in [1.165, 1.54) is 14.0 Å². The normalized spacial score (nSPS) is 10.5. The molecule has 7 heteroatoms. The molecule has 1 aromatic rings. The number of nitrogens with zero attached hydrogens (tertiary/aromatic N) is 3. The predicted molar refractivity (Wildman–Crippen MR) is 62.2 cm³/mol. The van der Waals surface area contributed by atoms with Gasteiger partial charge in [-0.05, 0) is 13.3 Å². The van der Waals surface area contributed by atoms with Gasteiger partial charge >= 0.3 is 16.9 Å². The van der Waals surface area contributed by atoms with Gasteiger partial charge < -0.3 is 0 Å². The molecule has 0 aliphatic rings. The van der Waals surface area contributed by atoms with Gasteiger partial charge in [0.15, 0.2) is 0 Å². The second-order valence-corrected chi connectivity index (χ2v) is 3.84. The summed E-state index contributed by atoms with van der Waals surface area (Å²) in [6.07, 6.45) is 1.44. The average molecular weight is 241 g/mol. The SMILES string of the molecule is CCCCn1c(=O)c([N+](=O)[O-])c(C)n(C)c1=O. The summed E-state index contributed by atoms with van der Waals surface area (Å²) < 4.78 is 2.06. The lowest BCUT2D eigenvalue weighted by Crippen LogP contribution is -2.41. The van der Waals surface area contributed by atoms with Crippen molar-refractivity contribution >= 4 is 5.69 Å². The van der Waals surface area contributed by atoms with Gasteiger partial charge in [-0.25, -0.2) is 4.79 Å². The largest absolute Gasteiger partial charge is 0.353 e. The molecule has 7 nitrogen and oxygen atoms in total. The molecule has 0 atom stereocenters. The number of nitro groups is 1. The first-order valence-corrected chi connectivity index (χ1v) is 5.36. The van der Waals surface area contributed by atoms with Crippen molar-refractivity contribution in [1.29, 1.82) is 0 Å². The van der Waals surface area contributed by atoms with E-state index in [0.29, 0.717) is 6.42 Å². The Kier molecular flexibility index (Phi) is 3.82. The fraction of sp³-hybridized carbons (Fsp3) is 0.600. The van der Waals surface area contributed by atoms with Crippen LogP contribution in [0.3, 0.4) is 0 Å². The van der Waals surface area contributed by atoms with Gasteiger partial charge in [0.25, 0.3) is 0 Å². The minimum absolute atomic E-state index is 0.0812. The Morgan fingerprint density at radius 1 is 1.35 bits per heavy atom. The smallest absolute Gasteiger partial charge is 0.294 e. The number of unbranched alkanes of at least 4 members (excludes halogenated alkanes) is 1. The van der Waals surface area contributed by atoms with Crippen LogP contribution in [0.5, 0.6) is 0 Å². The molecule has 0 unspecified atom stereocenters. The third kappa shape index (κ3) is 2.27. The molecule has 0 N–H and O–H groups in total. The van der Waals surface area contributed by atoms with Gasteiger partial charge in [0.05, 0.1) is 4.92 Å². The molecule has 17 heavy (non-hydrogen) atoms. The summed E-state index contributed by atoms with van der Waals surface area (Å²) in [5.74, 6) is 0. The van der Waals surface area contributed by atoms with E-state index in [9.17, 15) is 19.7 Å². The molecule has 1 aromatic heterocycles. The molecule has 0 saturated carbocycles. The zero-order valence-corrected chi connectivity index (χ0v) is 10.1. The third-order valence-electron chi connectivity index (χ3n) is 2.73. The van der Waals surface area contributed by atoms with Crippen molar-refractivity contribution in [3.63, 3.8) is 0 Å². The van der Waals surface area contributed by atoms with E-state index in [1.807, 2.05) is 6.92 Å². The molecule has 0 amide bonds. The van der Waals surface area contributed by atoms with E-state index in [-0.39, 0.29) is 12.2 Å². The highest BCUT2D eigenvalue weighted by Crippen LogP contribution is 2.08. The zero-order chi connectivity index (χ0) is 13.2. The minimum Gasteiger partial charge on any atom is -0.294 e. The molecule has 0 aliphatic carbocycles. The lowest BCUT2D eigenvalue weighted by atomic mass is 10.3. The Bertz CT molecular complexity index is 556. The summed E-state index contributed by atoms with van der Waals surface area (Å²) in [6.45, 7) is 3.52. The highest BCUT2D eigenvalue weighted by molar-refractivity contribution is 5.31. The van der Waals surface area contributed by atoms with E-state index >= 15 is 0 Å². The van der Waals surface area contributed by atoms with E-state index in [2.05, 4.69) is 0 Å². The van der Waals surface area contributed by atoms with Crippen LogP contribution in [0.1, 0.15) is 25.5 Å². The zero-order valence-electron chi connectivity index (χ0n) is 10.1. The first-order valence-electron chi connectivity index (χ1n) is 5.36. The van der Waals surface area contributed by atoms with Crippen molar-refractivity contribution < 1.29 is 4.92 Å². The fourth-order valence-corrected chi connectivity index (χ4v) is 1.58. The lowest BCUT2D eigenvalue weighted by molar-refractivity contribution is -0.387. The maximum absolute atomic E-state index is 11.8. The minimum atomic E-state index is -0.816. The van der Waals surface area contributed by atoms with Crippen LogP contribution in [-0.2, 0) is 13.6 Å².